The van der Waals surface area contributed by atoms with Gasteiger partial charge in [0, 0.05) is 5.69 Å². The maximum Gasteiger partial charge on any atom is 0.234 e. The molecule has 0 aliphatic carbocycles. The highest BCUT2D eigenvalue weighted by Gasteiger charge is 2.20. The Hall–Kier alpha value is -3.78. The molecule has 4 rings (SSSR count). The Morgan fingerprint density at radius 2 is 1.74 bits per heavy atom. The summed E-state index contributed by atoms with van der Waals surface area (Å²) in [7, 11) is 3.26. The minimum Gasteiger partial charge on any atom is -0.497 e. The van der Waals surface area contributed by atoms with E-state index in [0.29, 0.717) is 16.7 Å². The number of hydrogen-bond donors (Lipinski definition) is 1. The summed E-state index contributed by atoms with van der Waals surface area (Å²) in [6.07, 6.45) is 0.846. The molecule has 0 saturated heterocycles. The first-order valence-electron chi connectivity index (χ1n) is 11.3. The molecule has 0 saturated carbocycles. The van der Waals surface area contributed by atoms with E-state index in [4.69, 9.17) is 9.47 Å². The van der Waals surface area contributed by atoms with E-state index >= 15 is 0 Å². The molecule has 0 aliphatic heterocycles. The third-order valence-electron chi connectivity index (χ3n) is 5.65. The first-order valence-corrected chi connectivity index (χ1v) is 12.3. The number of carbonyl (C=O) groups is 1. The average Bonchev–Trinajstić information content (AvgIpc) is 3.32. The van der Waals surface area contributed by atoms with Gasteiger partial charge in [-0.2, -0.15) is 0 Å². The van der Waals surface area contributed by atoms with Gasteiger partial charge < -0.3 is 14.8 Å². The van der Waals surface area contributed by atoms with Crippen molar-refractivity contribution in [2.75, 3.05) is 25.3 Å². The molecule has 0 atom stereocenters. The molecular formula is C27H28N4O3S. The van der Waals surface area contributed by atoms with E-state index in [1.807, 2.05) is 78.2 Å². The predicted octanol–water partition coefficient (Wildman–Crippen LogP) is 5.55. The van der Waals surface area contributed by atoms with Crippen molar-refractivity contribution in [1.29, 1.82) is 0 Å². The summed E-state index contributed by atoms with van der Waals surface area (Å²) in [6.45, 7) is 4.08. The van der Waals surface area contributed by atoms with Crippen LogP contribution >= 0.6 is 11.8 Å². The molecule has 35 heavy (non-hydrogen) atoms. The first-order chi connectivity index (χ1) is 17.0. The fourth-order valence-electron chi connectivity index (χ4n) is 3.84. The van der Waals surface area contributed by atoms with E-state index in [2.05, 4.69) is 22.4 Å². The third kappa shape index (κ3) is 5.33. The molecule has 1 heterocycles. The lowest BCUT2D eigenvalue weighted by atomic mass is 10.1. The molecular weight excluding hydrogens is 460 g/mol. The molecule has 0 unspecified atom stereocenters. The quantitative estimate of drug-likeness (QED) is 0.311. The number of amides is 1. The van der Waals surface area contributed by atoms with E-state index in [0.717, 1.165) is 40.2 Å². The van der Waals surface area contributed by atoms with Crippen molar-refractivity contribution >= 4 is 23.4 Å². The molecule has 8 heteroatoms. The number of aromatic nitrogens is 3. The molecule has 0 spiro atoms. The Balaban J connectivity index is 1.65. The molecule has 0 aliphatic rings. The van der Waals surface area contributed by atoms with Crippen molar-refractivity contribution in [3.63, 3.8) is 0 Å². The van der Waals surface area contributed by atoms with Crippen molar-refractivity contribution in [3.05, 3.63) is 77.9 Å². The summed E-state index contributed by atoms with van der Waals surface area (Å²) >= 11 is 1.33. The number of methoxy groups -OCH3 is 2. The fourth-order valence-corrected chi connectivity index (χ4v) is 4.59. The number of para-hydroxylation sites is 2. The van der Waals surface area contributed by atoms with Crippen LogP contribution in [-0.2, 0) is 11.2 Å². The average molecular weight is 489 g/mol. The number of hydrogen-bond acceptors (Lipinski definition) is 6. The van der Waals surface area contributed by atoms with E-state index in [9.17, 15) is 4.79 Å². The molecule has 7 nitrogen and oxygen atoms in total. The van der Waals surface area contributed by atoms with Crippen LogP contribution in [0.1, 0.15) is 18.1 Å². The number of thioether (sulfide) groups is 1. The Morgan fingerprint density at radius 3 is 2.46 bits per heavy atom. The van der Waals surface area contributed by atoms with E-state index in [-0.39, 0.29) is 11.7 Å². The van der Waals surface area contributed by atoms with Gasteiger partial charge in [0.2, 0.25) is 5.91 Å². The van der Waals surface area contributed by atoms with Gasteiger partial charge in [0.05, 0.1) is 31.2 Å². The SMILES string of the molecule is CCc1cccc(C)c1NC(=O)CSc1nnc(-c2ccccc2OC)n1-c1ccc(OC)cc1. The second-order valence-electron chi connectivity index (χ2n) is 7.84. The van der Waals surface area contributed by atoms with Crippen LogP contribution in [-0.4, -0.2) is 40.6 Å². The van der Waals surface area contributed by atoms with Crippen LogP contribution in [0, 0.1) is 6.92 Å². The summed E-state index contributed by atoms with van der Waals surface area (Å²) in [5, 5.41) is 12.6. The lowest BCUT2D eigenvalue weighted by Crippen LogP contribution is -2.16. The standard InChI is InChI=1S/C27H28N4O3S/c1-5-19-10-8-9-18(2)25(19)28-24(32)17-35-27-30-29-26(22-11-6-7-12-23(22)34-4)31(27)20-13-15-21(33-3)16-14-20/h6-16H,5,17H2,1-4H3,(H,28,32). The Kier molecular flexibility index (Phi) is 7.72. The van der Waals surface area contributed by atoms with Crippen LogP contribution in [0.25, 0.3) is 17.1 Å². The number of nitrogens with zero attached hydrogens (tertiary/aromatic N) is 3. The molecule has 0 bridgehead atoms. The molecule has 3 aromatic carbocycles. The molecule has 1 amide bonds. The van der Waals surface area contributed by atoms with Crippen molar-refractivity contribution in [3.8, 4) is 28.6 Å². The number of ether oxygens (including phenoxy) is 2. The predicted molar refractivity (Wildman–Crippen MR) is 140 cm³/mol. The van der Waals surface area contributed by atoms with Gasteiger partial charge in [-0.05, 0) is 60.9 Å². The summed E-state index contributed by atoms with van der Waals surface area (Å²) in [6, 6.07) is 21.3. The zero-order valence-electron chi connectivity index (χ0n) is 20.2. The van der Waals surface area contributed by atoms with Gasteiger partial charge in [-0.25, -0.2) is 0 Å². The minimum atomic E-state index is -0.0953. The Labute approximate surface area is 209 Å². The molecule has 1 aromatic heterocycles. The number of benzene rings is 3. The summed E-state index contributed by atoms with van der Waals surface area (Å²) in [5.41, 5.74) is 4.70. The van der Waals surface area contributed by atoms with Crippen LogP contribution in [0.5, 0.6) is 11.5 Å². The third-order valence-corrected chi connectivity index (χ3v) is 6.58. The zero-order valence-corrected chi connectivity index (χ0v) is 21.1. The molecule has 1 N–H and O–H groups in total. The number of nitrogens with one attached hydrogen (secondary N) is 1. The van der Waals surface area contributed by atoms with Crippen molar-refractivity contribution in [2.45, 2.75) is 25.4 Å². The number of carbonyl (C=O) groups excluding carboxylic acids is 1. The lowest BCUT2D eigenvalue weighted by Gasteiger charge is -2.14. The van der Waals surface area contributed by atoms with Crippen LogP contribution < -0.4 is 14.8 Å². The van der Waals surface area contributed by atoms with Gasteiger partial charge in [0.1, 0.15) is 11.5 Å². The molecule has 0 radical (unpaired) electrons. The van der Waals surface area contributed by atoms with Crippen LogP contribution in [0.3, 0.4) is 0 Å². The molecule has 4 aromatic rings. The van der Waals surface area contributed by atoms with Gasteiger partial charge in [-0.3, -0.25) is 9.36 Å². The maximum absolute atomic E-state index is 12.9. The monoisotopic (exact) mass is 488 g/mol. The van der Waals surface area contributed by atoms with Gasteiger partial charge >= 0.3 is 0 Å². The summed E-state index contributed by atoms with van der Waals surface area (Å²) < 4.78 is 12.8. The molecule has 180 valence electrons. The van der Waals surface area contributed by atoms with Crippen LogP contribution in [0.15, 0.2) is 71.9 Å². The van der Waals surface area contributed by atoms with Crippen LogP contribution in [0.2, 0.25) is 0 Å². The minimum absolute atomic E-state index is 0.0953. The van der Waals surface area contributed by atoms with Crippen LogP contribution in [0.4, 0.5) is 5.69 Å². The zero-order chi connectivity index (χ0) is 24.8. The highest BCUT2D eigenvalue weighted by molar-refractivity contribution is 7.99. The van der Waals surface area contributed by atoms with Crippen molar-refractivity contribution < 1.29 is 14.3 Å². The topological polar surface area (TPSA) is 78.3 Å². The molecule has 0 fully saturated rings. The van der Waals surface area contributed by atoms with Crippen molar-refractivity contribution in [2.24, 2.45) is 0 Å². The second kappa shape index (κ2) is 11.1. The van der Waals surface area contributed by atoms with E-state index in [1.165, 1.54) is 11.8 Å². The number of aryl methyl sites for hydroxylation is 2. The Morgan fingerprint density at radius 1 is 0.971 bits per heavy atom. The van der Waals surface area contributed by atoms with E-state index < -0.39 is 0 Å². The summed E-state index contributed by atoms with van der Waals surface area (Å²) in [4.78, 5) is 12.9. The highest BCUT2D eigenvalue weighted by Crippen LogP contribution is 2.33. The van der Waals surface area contributed by atoms with Gasteiger partial charge in [0.15, 0.2) is 11.0 Å². The van der Waals surface area contributed by atoms with Gasteiger partial charge in [0.25, 0.3) is 0 Å². The largest absolute Gasteiger partial charge is 0.497 e. The fraction of sp³-hybridized carbons (Fsp3) is 0.222. The maximum atomic E-state index is 12.9. The van der Waals surface area contributed by atoms with E-state index in [1.54, 1.807) is 14.2 Å². The highest BCUT2D eigenvalue weighted by atomic mass is 32.2. The van der Waals surface area contributed by atoms with Gasteiger partial charge in [-0.15, -0.1) is 10.2 Å². The summed E-state index contributed by atoms with van der Waals surface area (Å²) in [5.74, 6) is 2.16. The number of anilines is 1. The number of rotatable bonds is 9. The Bertz CT molecular complexity index is 1320. The lowest BCUT2D eigenvalue weighted by molar-refractivity contribution is -0.113. The second-order valence-corrected chi connectivity index (χ2v) is 8.78. The normalized spacial score (nSPS) is 10.7. The van der Waals surface area contributed by atoms with Crippen molar-refractivity contribution in [1.82, 2.24) is 14.8 Å². The smallest absolute Gasteiger partial charge is 0.234 e. The van der Waals surface area contributed by atoms with Gasteiger partial charge in [-0.1, -0.05) is 49.0 Å². The first kappa shape index (κ1) is 24.3.